The van der Waals surface area contributed by atoms with E-state index in [-0.39, 0.29) is 40.0 Å². The van der Waals surface area contributed by atoms with Crippen molar-refractivity contribution >= 4 is 21.6 Å². The highest BCUT2D eigenvalue weighted by atomic mass is 32.2. The quantitative estimate of drug-likeness (QED) is 0.467. The summed E-state index contributed by atoms with van der Waals surface area (Å²) < 4.78 is 70.9. The van der Waals surface area contributed by atoms with E-state index >= 15 is 0 Å². The number of sulfonamides is 1. The van der Waals surface area contributed by atoms with Crippen LogP contribution < -0.4 is 4.90 Å². The number of benzene rings is 1. The Balaban J connectivity index is 1.29. The van der Waals surface area contributed by atoms with Gasteiger partial charge in [0.25, 0.3) is 0 Å². The summed E-state index contributed by atoms with van der Waals surface area (Å²) in [6.45, 7) is 5.64. The van der Waals surface area contributed by atoms with Crippen molar-refractivity contribution in [3.05, 3.63) is 29.2 Å². The van der Waals surface area contributed by atoms with Crippen LogP contribution in [0.25, 0.3) is 0 Å². The van der Waals surface area contributed by atoms with Crippen molar-refractivity contribution in [3.63, 3.8) is 0 Å². The fourth-order valence-electron chi connectivity index (χ4n) is 7.86. The van der Waals surface area contributed by atoms with E-state index in [4.69, 9.17) is 0 Å². The number of carbonyl (C=O) groups is 1. The van der Waals surface area contributed by atoms with E-state index in [1.165, 1.54) is 9.31 Å². The molecule has 4 heterocycles. The average Bonchev–Trinajstić information content (AvgIpc) is 3.24. The number of halogens is 3. The average molecular weight is 615 g/mol. The van der Waals surface area contributed by atoms with Gasteiger partial charge < -0.3 is 9.80 Å². The van der Waals surface area contributed by atoms with E-state index < -0.39 is 40.1 Å². The van der Waals surface area contributed by atoms with Crippen LogP contribution in [-0.4, -0.2) is 98.5 Å². The number of likely N-dealkylation sites (tertiary alicyclic amines) is 1. The molecular weight excluding hydrogens is 571 g/mol. The molecule has 0 aromatic heterocycles. The molecule has 0 N–H and O–H groups in total. The van der Waals surface area contributed by atoms with E-state index in [0.717, 1.165) is 12.1 Å². The minimum absolute atomic E-state index is 0.0189. The summed E-state index contributed by atoms with van der Waals surface area (Å²) in [5, 5.41) is 1.24. The van der Waals surface area contributed by atoms with Gasteiger partial charge in [0.15, 0.2) is 0 Å². The fraction of sp³-hybridized carbons (Fsp3) is 0.759. The summed E-state index contributed by atoms with van der Waals surface area (Å²) in [5.74, 6) is -1.51. The van der Waals surface area contributed by atoms with Crippen LogP contribution in [0.2, 0.25) is 0 Å². The van der Waals surface area contributed by atoms with Gasteiger partial charge in [-0.1, -0.05) is 13.8 Å². The lowest BCUT2D eigenvalue weighted by atomic mass is 9.74. The number of nitroso groups, excluding NO2 is 1. The van der Waals surface area contributed by atoms with Crippen molar-refractivity contribution in [2.45, 2.75) is 69.1 Å². The second-order valence-electron chi connectivity index (χ2n) is 13.1. The van der Waals surface area contributed by atoms with Crippen LogP contribution in [0.4, 0.5) is 18.9 Å². The normalized spacial score (nSPS) is 31.7. The molecule has 6 atom stereocenters. The van der Waals surface area contributed by atoms with Gasteiger partial charge >= 0.3 is 12.2 Å². The fourth-order valence-corrected chi connectivity index (χ4v) is 9.33. The highest BCUT2D eigenvalue weighted by Crippen LogP contribution is 2.46. The molecule has 4 aliphatic heterocycles. The molecule has 42 heavy (non-hydrogen) atoms. The highest BCUT2D eigenvalue weighted by Gasteiger charge is 2.71. The number of amides is 1. The largest absolute Gasteiger partial charge is 0.460 e. The molecule has 9 nitrogen and oxygen atoms in total. The second kappa shape index (κ2) is 11.6. The van der Waals surface area contributed by atoms with Gasteiger partial charge in [-0.15, -0.1) is 5.01 Å². The summed E-state index contributed by atoms with van der Waals surface area (Å²) in [6, 6.07) is 3.56. The molecule has 0 bridgehead atoms. The zero-order valence-electron chi connectivity index (χ0n) is 24.8. The van der Waals surface area contributed by atoms with E-state index in [1.807, 2.05) is 32.8 Å². The molecule has 0 aliphatic carbocycles. The topological polar surface area (TPSA) is 84.2 Å². The third-order valence-electron chi connectivity index (χ3n) is 9.86. The maximum Gasteiger partial charge on any atom is 0.460 e. The lowest BCUT2D eigenvalue weighted by Crippen LogP contribution is -2.53. The lowest BCUT2D eigenvalue weighted by molar-refractivity contribution is -0.735. The van der Waals surface area contributed by atoms with Crippen molar-refractivity contribution in [2.75, 3.05) is 51.7 Å². The molecule has 5 rings (SSSR count). The zero-order valence-corrected chi connectivity index (χ0v) is 25.6. The number of hydrogen-bond acceptors (Lipinski definition) is 5. The van der Waals surface area contributed by atoms with Crippen molar-refractivity contribution in [1.82, 2.24) is 14.2 Å². The maximum atomic E-state index is 14.3. The molecule has 0 saturated carbocycles. The van der Waals surface area contributed by atoms with Crippen LogP contribution in [0.1, 0.15) is 46.0 Å². The summed E-state index contributed by atoms with van der Waals surface area (Å²) in [5.41, 5.74) is 0.899. The maximum absolute atomic E-state index is 14.3. The Morgan fingerprint density at radius 2 is 1.50 bits per heavy atom. The van der Waals surface area contributed by atoms with Gasteiger partial charge in [0.05, 0.1) is 16.3 Å². The summed E-state index contributed by atoms with van der Waals surface area (Å²) in [4.78, 5) is 30.5. The second-order valence-corrected chi connectivity index (χ2v) is 15.1. The third kappa shape index (κ3) is 5.87. The van der Waals surface area contributed by atoms with Crippen LogP contribution in [0.3, 0.4) is 0 Å². The van der Waals surface area contributed by atoms with E-state index in [2.05, 4.69) is 0 Å². The van der Waals surface area contributed by atoms with Crippen LogP contribution in [0.5, 0.6) is 0 Å². The molecular formula is C29H43F3N5O4S+. The van der Waals surface area contributed by atoms with Crippen molar-refractivity contribution in [2.24, 2.45) is 29.6 Å². The van der Waals surface area contributed by atoms with Crippen LogP contribution in [0, 0.1) is 34.5 Å². The Kier molecular flexibility index (Phi) is 8.56. The first-order valence-corrected chi connectivity index (χ1v) is 16.5. The number of rotatable bonds is 5. The number of nitrogens with zero attached hydrogens (tertiary/aromatic N) is 5. The number of hydrogen-bond donors (Lipinski definition) is 0. The molecule has 1 aromatic rings. The van der Waals surface area contributed by atoms with Gasteiger partial charge in [-0.3, -0.25) is 4.79 Å². The van der Waals surface area contributed by atoms with Crippen molar-refractivity contribution in [3.8, 4) is 0 Å². The molecule has 4 saturated heterocycles. The Bertz CT molecular complexity index is 1260. The smallest absolute Gasteiger partial charge is 0.378 e. The third-order valence-corrected chi connectivity index (χ3v) is 11.8. The Morgan fingerprint density at radius 3 is 2.05 bits per heavy atom. The highest BCUT2D eigenvalue weighted by molar-refractivity contribution is 7.89. The van der Waals surface area contributed by atoms with E-state index in [1.54, 1.807) is 29.2 Å². The first-order valence-electron chi connectivity index (χ1n) is 15.0. The zero-order chi connectivity index (χ0) is 30.6. The van der Waals surface area contributed by atoms with Crippen molar-refractivity contribution < 1.29 is 31.3 Å². The first kappa shape index (κ1) is 31.0. The van der Waals surface area contributed by atoms with Gasteiger partial charge in [0.2, 0.25) is 15.9 Å². The number of carbonyl (C=O) groups excluding carboxylic acids is 1. The van der Waals surface area contributed by atoms with Crippen LogP contribution in [-0.2, 0) is 14.8 Å². The van der Waals surface area contributed by atoms with Gasteiger partial charge in [-0.25, -0.2) is 8.42 Å². The summed E-state index contributed by atoms with van der Waals surface area (Å²) >= 11 is 0. The summed E-state index contributed by atoms with van der Waals surface area (Å²) in [6.07, 6.45) is -1.86. The number of fused-ring (bicyclic) bond motifs is 1. The molecule has 4 aliphatic rings. The summed E-state index contributed by atoms with van der Waals surface area (Å²) in [7, 11) is 0.106. The van der Waals surface area contributed by atoms with Crippen LogP contribution in [0.15, 0.2) is 29.2 Å². The lowest BCUT2D eigenvalue weighted by Gasteiger charge is -2.41. The van der Waals surface area contributed by atoms with Gasteiger partial charge in [-0.05, 0) is 80.0 Å². The standard InChI is InChI=1S/C29H43F3N5O4S/c1-19-15-20(2)18-34(17-19)28(38)26-25-16-22(11-14-36(25)37(39)27(26)29(30,31)32)21-9-12-35(13-10-21)42(40,41)24-7-5-23(6-8-24)33(3)4/h5-8,19-22,25-27H,9-18H2,1-4H3/q+1. The molecule has 6 unspecified atom stereocenters. The molecule has 0 radical (unpaired) electrons. The Labute approximate surface area is 246 Å². The minimum Gasteiger partial charge on any atom is -0.378 e. The number of anilines is 1. The van der Waals surface area contributed by atoms with Gasteiger partial charge in [0.1, 0.15) is 16.8 Å². The van der Waals surface area contributed by atoms with E-state index in [9.17, 15) is 31.3 Å². The SMILES string of the molecule is CC1CC(C)CN(C(=O)C2C3CC(C4CCN(S(=O)(=O)c5ccc(N(C)C)cc5)CC4)CCN3[N+](=O)C2C(F)(F)F)C1. The monoisotopic (exact) mass is 614 g/mol. The number of hydrazine groups is 1. The number of alkyl halides is 3. The number of piperidine rings is 3. The van der Waals surface area contributed by atoms with Crippen LogP contribution >= 0.6 is 0 Å². The van der Waals surface area contributed by atoms with Gasteiger partial charge in [-0.2, -0.15) is 17.5 Å². The first-order chi connectivity index (χ1) is 19.7. The molecule has 234 valence electrons. The van der Waals surface area contributed by atoms with Gasteiger partial charge in [0, 0.05) is 46.0 Å². The predicted molar refractivity (Wildman–Crippen MR) is 152 cm³/mol. The molecule has 0 spiro atoms. The van der Waals surface area contributed by atoms with E-state index in [0.29, 0.717) is 51.9 Å². The molecule has 13 heteroatoms. The Hall–Kier alpha value is -2.41. The molecule has 1 amide bonds. The Morgan fingerprint density at radius 1 is 0.929 bits per heavy atom. The minimum atomic E-state index is -4.83. The predicted octanol–water partition coefficient (Wildman–Crippen LogP) is 3.99. The molecule has 1 aromatic carbocycles. The molecule has 4 fully saturated rings. The van der Waals surface area contributed by atoms with Crippen molar-refractivity contribution in [1.29, 1.82) is 0 Å².